The van der Waals surface area contributed by atoms with Gasteiger partial charge in [-0.2, -0.15) is 0 Å². The molecule has 1 heterocycles. The SMILES string of the molecule is CCNCc1ccccc1S(=O)(=O)NC1CCOCC1. The van der Waals surface area contributed by atoms with Crippen molar-refractivity contribution in [2.45, 2.75) is 37.2 Å². The van der Waals surface area contributed by atoms with E-state index in [0.717, 1.165) is 24.9 Å². The Balaban J connectivity index is 2.15. The first-order valence-corrected chi connectivity index (χ1v) is 8.50. The highest BCUT2D eigenvalue weighted by molar-refractivity contribution is 7.89. The zero-order chi connectivity index (χ0) is 14.4. The average molecular weight is 298 g/mol. The molecular weight excluding hydrogens is 276 g/mol. The quantitative estimate of drug-likeness (QED) is 0.829. The maximum atomic E-state index is 12.5. The minimum Gasteiger partial charge on any atom is -0.381 e. The normalized spacial score (nSPS) is 17.2. The number of hydrogen-bond acceptors (Lipinski definition) is 4. The largest absolute Gasteiger partial charge is 0.381 e. The second-order valence-electron chi connectivity index (χ2n) is 4.90. The molecule has 2 N–H and O–H groups in total. The van der Waals surface area contributed by atoms with Crippen LogP contribution in [0.5, 0.6) is 0 Å². The van der Waals surface area contributed by atoms with Gasteiger partial charge in [0.1, 0.15) is 0 Å². The van der Waals surface area contributed by atoms with Crippen molar-refractivity contribution < 1.29 is 13.2 Å². The summed E-state index contributed by atoms with van der Waals surface area (Å²) < 4.78 is 33.1. The Morgan fingerprint density at radius 3 is 2.65 bits per heavy atom. The summed E-state index contributed by atoms with van der Waals surface area (Å²) >= 11 is 0. The number of ether oxygens (including phenoxy) is 1. The van der Waals surface area contributed by atoms with E-state index in [0.29, 0.717) is 24.7 Å². The molecule has 20 heavy (non-hydrogen) atoms. The molecule has 0 spiro atoms. The smallest absolute Gasteiger partial charge is 0.241 e. The van der Waals surface area contributed by atoms with Crippen molar-refractivity contribution in [3.8, 4) is 0 Å². The number of sulfonamides is 1. The van der Waals surface area contributed by atoms with Crippen LogP contribution in [0.15, 0.2) is 29.2 Å². The van der Waals surface area contributed by atoms with E-state index in [-0.39, 0.29) is 6.04 Å². The van der Waals surface area contributed by atoms with Gasteiger partial charge in [0, 0.05) is 25.8 Å². The lowest BCUT2D eigenvalue weighted by molar-refractivity contribution is 0.0832. The first-order chi connectivity index (χ1) is 9.63. The topological polar surface area (TPSA) is 67.4 Å². The summed E-state index contributed by atoms with van der Waals surface area (Å²) in [5.74, 6) is 0. The zero-order valence-corrected chi connectivity index (χ0v) is 12.6. The molecule has 0 aliphatic carbocycles. The van der Waals surface area contributed by atoms with Gasteiger partial charge in [-0.05, 0) is 31.0 Å². The molecule has 1 aliphatic heterocycles. The summed E-state index contributed by atoms with van der Waals surface area (Å²) in [5, 5.41) is 3.17. The maximum Gasteiger partial charge on any atom is 0.241 e. The van der Waals surface area contributed by atoms with E-state index < -0.39 is 10.0 Å². The third kappa shape index (κ3) is 4.02. The van der Waals surface area contributed by atoms with Crippen molar-refractivity contribution in [2.24, 2.45) is 0 Å². The van der Waals surface area contributed by atoms with Crippen LogP contribution in [0.25, 0.3) is 0 Å². The lowest BCUT2D eigenvalue weighted by Crippen LogP contribution is -2.39. The van der Waals surface area contributed by atoms with Crippen molar-refractivity contribution in [1.29, 1.82) is 0 Å². The summed E-state index contributed by atoms with van der Waals surface area (Å²) in [7, 11) is -3.47. The lowest BCUT2D eigenvalue weighted by Gasteiger charge is -2.23. The predicted molar refractivity (Wildman–Crippen MR) is 78.0 cm³/mol. The number of rotatable bonds is 6. The maximum absolute atomic E-state index is 12.5. The number of nitrogens with one attached hydrogen (secondary N) is 2. The van der Waals surface area contributed by atoms with Gasteiger partial charge < -0.3 is 10.1 Å². The highest BCUT2D eigenvalue weighted by atomic mass is 32.2. The summed E-state index contributed by atoms with van der Waals surface area (Å²) in [6.45, 7) is 4.60. The standard InChI is InChI=1S/C14H22N2O3S/c1-2-15-11-12-5-3-4-6-14(12)20(17,18)16-13-7-9-19-10-8-13/h3-6,13,15-16H,2,7-11H2,1H3. The van der Waals surface area contributed by atoms with Gasteiger partial charge in [-0.15, -0.1) is 0 Å². The third-order valence-electron chi connectivity index (χ3n) is 3.37. The van der Waals surface area contributed by atoms with E-state index in [1.165, 1.54) is 0 Å². The van der Waals surface area contributed by atoms with Crippen molar-refractivity contribution in [3.05, 3.63) is 29.8 Å². The fourth-order valence-electron chi connectivity index (χ4n) is 2.27. The number of benzene rings is 1. The molecule has 6 heteroatoms. The molecule has 0 unspecified atom stereocenters. The molecule has 0 radical (unpaired) electrons. The van der Waals surface area contributed by atoms with E-state index in [1.54, 1.807) is 12.1 Å². The second kappa shape index (κ2) is 7.17. The van der Waals surface area contributed by atoms with Gasteiger partial charge in [-0.25, -0.2) is 13.1 Å². The Kier molecular flexibility index (Phi) is 5.54. The molecule has 1 saturated heterocycles. The molecule has 1 fully saturated rings. The zero-order valence-electron chi connectivity index (χ0n) is 11.8. The van der Waals surface area contributed by atoms with Crippen LogP contribution in [-0.4, -0.2) is 34.2 Å². The summed E-state index contributed by atoms with van der Waals surface area (Å²) in [6.07, 6.45) is 1.46. The Labute approximate surface area is 120 Å². The van der Waals surface area contributed by atoms with Crippen molar-refractivity contribution in [3.63, 3.8) is 0 Å². The fourth-order valence-corrected chi connectivity index (χ4v) is 3.81. The highest BCUT2D eigenvalue weighted by Gasteiger charge is 2.23. The monoisotopic (exact) mass is 298 g/mol. The van der Waals surface area contributed by atoms with E-state index in [9.17, 15) is 8.42 Å². The molecule has 5 nitrogen and oxygen atoms in total. The van der Waals surface area contributed by atoms with Gasteiger partial charge in [0.15, 0.2) is 0 Å². The third-order valence-corrected chi connectivity index (χ3v) is 4.99. The number of hydrogen-bond donors (Lipinski definition) is 2. The summed E-state index contributed by atoms with van der Waals surface area (Å²) in [4.78, 5) is 0.368. The van der Waals surface area contributed by atoms with Crippen LogP contribution in [-0.2, 0) is 21.3 Å². The molecule has 0 atom stereocenters. The Morgan fingerprint density at radius 1 is 1.25 bits per heavy atom. The minimum atomic E-state index is -3.47. The molecular formula is C14H22N2O3S. The van der Waals surface area contributed by atoms with Crippen LogP contribution in [0.1, 0.15) is 25.3 Å². The Morgan fingerprint density at radius 2 is 1.95 bits per heavy atom. The van der Waals surface area contributed by atoms with Gasteiger partial charge >= 0.3 is 0 Å². The molecule has 112 valence electrons. The Bertz CT molecular complexity index is 525. The van der Waals surface area contributed by atoms with Crippen molar-refractivity contribution in [1.82, 2.24) is 10.0 Å². The van der Waals surface area contributed by atoms with E-state index >= 15 is 0 Å². The Hall–Kier alpha value is -0.950. The van der Waals surface area contributed by atoms with Gasteiger partial charge in [-0.1, -0.05) is 25.1 Å². The van der Waals surface area contributed by atoms with Crippen molar-refractivity contribution in [2.75, 3.05) is 19.8 Å². The first-order valence-electron chi connectivity index (χ1n) is 7.02. The predicted octanol–water partition coefficient (Wildman–Crippen LogP) is 1.25. The van der Waals surface area contributed by atoms with Crippen LogP contribution in [0, 0.1) is 0 Å². The molecule has 0 bridgehead atoms. The molecule has 0 aromatic heterocycles. The van der Waals surface area contributed by atoms with Crippen LogP contribution in [0.2, 0.25) is 0 Å². The molecule has 0 amide bonds. The summed E-state index contributed by atoms with van der Waals surface area (Å²) in [5.41, 5.74) is 0.800. The average Bonchev–Trinajstić information content (AvgIpc) is 2.46. The molecule has 1 aromatic carbocycles. The van der Waals surface area contributed by atoms with E-state index in [1.807, 2.05) is 19.1 Å². The molecule has 0 saturated carbocycles. The summed E-state index contributed by atoms with van der Waals surface area (Å²) in [6, 6.07) is 7.10. The highest BCUT2D eigenvalue weighted by Crippen LogP contribution is 2.17. The van der Waals surface area contributed by atoms with Gasteiger partial charge in [-0.3, -0.25) is 0 Å². The second-order valence-corrected chi connectivity index (χ2v) is 6.58. The molecule has 1 aliphatic rings. The van der Waals surface area contributed by atoms with Gasteiger partial charge in [0.05, 0.1) is 4.90 Å². The van der Waals surface area contributed by atoms with Crippen LogP contribution in [0.4, 0.5) is 0 Å². The van der Waals surface area contributed by atoms with Crippen molar-refractivity contribution >= 4 is 10.0 Å². The van der Waals surface area contributed by atoms with E-state index in [2.05, 4.69) is 10.0 Å². The first kappa shape index (κ1) is 15.4. The minimum absolute atomic E-state index is 0.0269. The molecule has 1 aromatic rings. The van der Waals surface area contributed by atoms with Gasteiger partial charge in [0.25, 0.3) is 0 Å². The van der Waals surface area contributed by atoms with Gasteiger partial charge in [0.2, 0.25) is 10.0 Å². The van der Waals surface area contributed by atoms with E-state index in [4.69, 9.17) is 4.74 Å². The van der Waals surface area contributed by atoms with Crippen LogP contribution >= 0.6 is 0 Å². The molecule has 2 rings (SSSR count). The van der Waals surface area contributed by atoms with Crippen LogP contribution < -0.4 is 10.0 Å². The lowest BCUT2D eigenvalue weighted by atomic mass is 10.1. The van der Waals surface area contributed by atoms with Crippen LogP contribution in [0.3, 0.4) is 0 Å². The fraction of sp³-hybridized carbons (Fsp3) is 0.571.